The third-order valence-electron chi connectivity index (χ3n) is 5.16. The summed E-state index contributed by atoms with van der Waals surface area (Å²) in [7, 11) is 0. The van der Waals surface area contributed by atoms with E-state index in [1.807, 2.05) is 25.1 Å². The van der Waals surface area contributed by atoms with Crippen molar-refractivity contribution in [3.63, 3.8) is 0 Å². The number of amides is 1. The molecular weight excluding hydrogens is 514 g/mol. The number of alkyl halides is 3. The molecule has 4 N–H and O–H groups in total. The minimum absolute atomic E-state index is 0.0134. The fourth-order valence-corrected chi connectivity index (χ4v) is 3.52. The number of hydrogen-bond donors (Lipinski definition) is 4. The molecule has 0 spiro atoms. The van der Waals surface area contributed by atoms with Gasteiger partial charge in [-0.2, -0.15) is 23.3 Å². The predicted molar refractivity (Wildman–Crippen MR) is 128 cm³/mol. The van der Waals surface area contributed by atoms with Crippen LogP contribution in [0.2, 0.25) is 0 Å². The van der Waals surface area contributed by atoms with Crippen molar-refractivity contribution in [3.8, 4) is 5.75 Å². The van der Waals surface area contributed by atoms with Crippen LogP contribution in [-0.2, 0) is 9.59 Å². The normalized spacial score (nSPS) is 12.5. The lowest BCUT2D eigenvalue weighted by atomic mass is 10.2. The highest BCUT2D eigenvalue weighted by Crippen LogP contribution is 2.34. The molecule has 38 heavy (non-hydrogen) atoms. The summed E-state index contributed by atoms with van der Waals surface area (Å²) in [5, 5.41) is 20.8. The van der Waals surface area contributed by atoms with Gasteiger partial charge in [-0.3, -0.25) is 9.89 Å². The summed E-state index contributed by atoms with van der Waals surface area (Å²) in [6, 6.07) is 10.9. The van der Waals surface area contributed by atoms with Gasteiger partial charge in [-0.05, 0) is 37.3 Å². The summed E-state index contributed by atoms with van der Waals surface area (Å²) < 4.78 is 51.8. The Balaban J connectivity index is 0.000000426. The summed E-state index contributed by atoms with van der Waals surface area (Å²) in [5.41, 5.74) is 2.81. The number of fused-ring (bicyclic) bond motifs is 2. The summed E-state index contributed by atoms with van der Waals surface area (Å²) in [5.74, 6) is -2.58. The Morgan fingerprint density at radius 1 is 1.24 bits per heavy atom. The molecule has 2 aromatic carbocycles. The van der Waals surface area contributed by atoms with Gasteiger partial charge < -0.3 is 25.4 Å². The number of aromatic amines is 1. The first-order valence-corrected chi connectivity index (χ1v) is 10.9. The van der Waals surface area contributed by atoms with E-state index in [0.29, 0.717) is 23.7 Å². The Morgan fingerprint density at radius 2 is 2.00 bits per heavy atom. The largest absolute Gasteiger partial charge is 0.490 e. The second-order valence-corrected chi connectivity index (χ2v) is 7.69. The van der Waals surface area contributed by atoms with Crippen LogP contribution in [0.1, 0.15) is 6.92 Å². The van der Waals surface area contributed by atoms with E-state index >= 15 is 0 Å². The quantitative estimate of drug-likeness (QED) is 0.275. The summed E-state index contributed by atoms with van der Waals surface area (Å²) in [6.07, 6.45) is -2.25. The molecule has 0 saturated heterocycles. The van der Waals surface area contributed by atoms with Crippen LogP contribution in [-0.4, -0.2) is 56.5 Å². The van der Waals surface area contributed by atoms with E-state index in [2.05, 4.69) is 30.8 Å². The molecule has 1 aliphatic rings. The molecule has 1 aliphatic heterocycles. The number of ether oxygens (including phenoxy) is 1. The molecule has 1 amide bonds. The maximum Gasteiger partial charge on any atom is 0.490 e. The number of H-pyrrole nitrogens is 1. The van der Waals surface area contributed by atoms with E-state index in [9.17, 15) is 22.4 Å². The molecule has 198 valence electrons. The van der Waals surface area contributed by atoms with E-state index in [-0.39, 0.29) is 24.3 Å². The zero-order valence-corrected chi connectivity index (χ0v) is 19.5. The summed E-state index contributed by atoms with van der Waals surface area (Å²) in [6.45, 7) is 2.39. The first-order valence-electron chi connectivity index (χ1n) is 10.9. The first-order chi connectivity index (χ1) is 18.1. The van der Waals surface area contributed by atoms with Gasteiger partial charge in [0.25, 0.3) is 5.91 Å². The van der Waals surface area contributed by atoms with Gasteiger partial charge in [-0.15, -0.1) is 0 Å². The van der Waals surface area contributed by atoms with Gasteiger partial charge in [-0.1, -0.05) is 6.07 Å². The number of nitrogens with one attached hydrogen (secondary N) is 3. The molecule has 0 aliphatic carbocycles. The lowest BCUT2D eigenvalue weighted by molar-refractivity contribution is -0.192. The molecule has 15 heteroatoms. The van der Waals surface area contributed by atoms with Crippen LogP contribution >= 0.6 is 0 Å². The van der Waals surface area contributed by atoms with E-state index in [4.69, 9.17) is 14.6 Å². The molecule has 2 aromatic heterocycles. The van der Waals surface area contributed by atoms with Crippen molar-refractivity contribution in [2.45, 2.75) is 13.1 Å². The number of carboxylic acids is 1. The Kier molecular flexibility index (Phi) is 7.27. The first kappa shape index (κ1) is 26.1. The van der Waals surface area contributed by atoms with Gasteiger partial charge in [-0.25, -0.2) is 14.2 Å². The monoisotopic (exact) mass is 533 g/mol. The molecule has 4 aromatic rings. The molecule has 5 rings (SSSR count). The van der Waals surface area contributed by atoms with Gasteiger partial charge in [0, 0.05) is 17.6 Å². The standard InChI is InChI=1S/C21H18FN7O2.C2HF3O2/c1-2-29(17-5-3-4-15-13(17)9-24-28-15)20-14(22)10-23-21(27-20)25-12-6-7-18-16(8-12)26-19(30)11-31-18;3-2(4,5)1(6)7/h3-10H,2,11H2,1H3,(H,24,28)(H,26,30)(H,23,25,27);(H,6,7). The van der Waals surface area contributed by atoms with E-state index in [0.717, 1.165) is 22.8 Å². The summed E-state index contributed by atoms with van der Waals surface area (Å²) >= 11 is 0. The predicted octanol–water partition coefficient (Wildman–Crippen LogP) is 4.36. The highest BCUT2D eigenvalue weighted by Gasteiger charge is 2.38. The van der Waals surface area contributed by atoms with Crippen molar-refractivity contribution in [3.05, 3.63) is 54.6 Å². The number of anilines is 5. The van der Waals surface area contributed by atoms with E-state index in [1.165, 1.54) is 0 Å². The lowest BCUT2D eigenvalue weighted by Gasteiger charge is -2.23. The van der Waals surface area contributed by atoms with Crippen molar-refractivity contribution in [2.75, 3.05) is 28.7 Å². The van der Waals surface area contributed by atoms with Crippen LogP contribution in [0.25, 0.3) is 10.9 Å². The zero-order valence-electron chi connectivity index (χ0n) is 19.5. The lowest BCUT2D eigenvalue weighted by Crippen LogP contribution is -2.25. The molecule has 0 saturated carbocycles. The average molecular weight is 533 g/mol. The van der Waals surface area contributed by atoms with Crippen LogP contribution in [0.5, 0.6) is 5.75 Å². The van der Waals surface area contributed by atoms with Crippen LogP contribution in [0.15, 0.2) is 48.8 Å². The molecule has 0 radical (unpaired) electrons. The Labute approximate surface area is 211 Å². The highest BCUT2D eigenvalue weighted by atomic mass is 19.4. The van der Waals surface area contributed by atoms with E-state index in [1.54, 1.807) is 29.3 Å². The minimum Gasteiger partial charge on any atom is -0.482 e. The van der Waals surface area contributed by atoms with Gasteiger partial charge in [0.15, 0.2) is 18.2 Å². The molecule has 0 bridgehead atoms. The maximum atomic E-state index is 14.7. The third-order valence-corrected chi connectivity index (χ3v) is 5.16. The average Bonchev–Trinajstić information content (AvgIpc) is 3.36. The number of nitrogens with zero attached hydrogens (tertiary/aromatic N) is 4. The van der Waals surface area contributed by atoms with Gasteiger partial charge in [0.05, 0.1) is 29.3 Å². The van der Waals surface area contributed by atoms with Crippen molar-refractivity contribution < 1.29 is 37.0 Å². The summed E-state index contributed by atoms with van der Waals surface area (Å²) in [4.78, 5) is 30.7. The number of carboxylic acid groups (broad SMARTS) is 1. The smallest absolute Gasteiger partial charge is 0.482 e. The highest BCUT2D eigenvalue weighted by molar-refractivity contribution is 5.96. The number of rotatable bonds is 5. The second kappa shape index (κ2) is 10.6. The molecule has 3 heterocycles. The van der Waals surface area contributed by atoms with Crippen molar-refractivity contribution in [2.24, 2.45) is 0 Å². The number of halogens is 4. The number of aliphatic carboxylic acids is 1. The maximum absolute atomic E-state index is 14.7. The van der Waals surface area contributed by atoms with E-state index < -0.39 is 18.0 Å². The van der Waals surface area contributed by atoms with Crippen molar-refractivity contribution in [1.29, 1.82) is 0 Å². The Hall–Kier alpha value is -4.95. The number of aromatic nitrogens is 4. The molecule has 0 fully saturated rings. The zero-order chi connectivity index (χ0) is 27.4. The Morgan fingerprint density at radius 3 is 2.71 bits per heavy atom. The number of hydrogen-bond acceptors (Lipinski definition) is 8. The SMILES string of the molecule is CCN(c1nc(Nc2ccc3c(c2)NC(=O)CO3)ncc1F)c1cccc2[nH]ncc12.O=C(O)C(F)(F)F. The van der Waals surface area contributed by atoms with Gasteiger partial charge >= 0.3 is 12.1 Å². The third kappa shape index (κ3) is 5.71. The molecular formula is C23H19F4N7O4. The fraction of sp³-hybridized carbons (Fsp3) is 0.174. The molecule has 0 atom stereocenters. The molecule has 0 unspecified atom stereocenters. The van der Waals surface area contributed by atoms with Crippen LogP contribution < -0.4 is 20.3 Å². The topological polar surface area (TPSA) is 145 Å². The van der Waals surface area contributed by atoms with Crippen LogP contribution in [0.4, 0.5) is 46.4 Å². The number of carbonyl (C=O) groups is 2. The fourth-order valence-electron chi connectivity index (χ4n) is 3.52. The number of carbonyl (C=O) groups excluding carboxylic acids is 1. The van der Waals surface area contributed by atoms with Gasteiger partial charge in [0.1, 0.15) is 5.75 Å². The van der Waals surface area contributed by atoms with Crippen LogP contribution in [0.3, 0.4) is 0 Å². The van der Waals surface area contributed by atoms with Crippen LogP contribution in [0, 0.1) is 5.82 Å². The van der Waals surface area contributed by atoms with Crippen molar-refractivity contribution in [1.82, 2.24) is 20.2 Å². The van der Waals surface area contributed by atoms with Gasteiger partial charge in [0.2, 0.25) is 5.95 Å². The van der Waals surface area contributed by atoms with Crippen molar-refractivity contribution >= 4 is 51.6 Å². The molecule has 11 nitrogen and oxygen atoms in total. The second-order valence-electron chi connectivity index (χ2n) is 7.69. The minimum atomic E-state index is -5.08. The Bertz CT molecular complexity index is 1490. The number of benzene rings is 2.